The molecule has 1 saturated heterocycles. The monoisotopic (exact) mass is 412 g/mol. The number of carbonyl (C=O) groups is 1. The maximum absolute atomic E-state index is 12.3. The summed E-state index contributed by atoms with van der Waals surface area (Å²) in [7, 11) is 1.44. The van der Waals surface area contributed by atoms with Gasteiger partial charge in [-0.15, -0.1) is 0 Å². The van der Waals surface area contributed by atoms with Crippen LogP contribution in [0.1, 0.15) is 17.5 Å². The van der Waals surface area contributed by atoms with Crippen LogP contribution in [0, 0.1) is 17.0 Å². The van der Waals surface area contributed by atoms with Gasteiger partial charge in [0, 0.05) is 45.7 Å². The van der Waals surface area contributed by atoms with Crippen LogP contribution in [0.25, 0.3) is 0 Å². The highest BCUT2D eigenvalue weighted by atomic mass is 16.6. The van der Waals surface area contributed by atoms with Gasteiger partial charge in [0.15, 0.2) is 0 Å². The second-order valence-corrected chi connectivity index (χ2v) is 7.48. The van der Waals surface area contributed by atoms with E-state index in [2.05, 4.69) is 46.3 Å². The largest absolute Gasteiger partial charge is 0.496 e. The van der Waals surface area contributed by atoms with Crippen molar-refractivity contribution < 1.29 is 14.5 Å². The Morgan fingerprint density at radius 3 is 2.50 bits per heavy atom. The maximum Gasteiger partial charge on any atom is 0.296 e. The second-order valence-electron chi connectivity index (χ2n) is 7.48. The minimum absolute atomic E-state index is 0.174. The molecule has 0 bridgehead atoms. The SMILES string of the molecule is COc1ccc(NC(=O)CCN2CCN(Cc3ccccc3C)CC2)c([N+](=O)[O-])c1. The fourth-order valence-corrected chi connectivity index (χ4v) is 3.57. The van der Waals surface area contributed by atoms with E-state index in [1.807, 2.05) is 0 Å². The number of benzene rings is 2. The van der Waals surface area contributed by atoms with Crippen LogP contribution in [0.5, 0.6) is 5.75 Å². The lowest BCUT2D eigenvalue weighted by molar-refractivity contribution is -0.384. The first kappa shape index (κ1) is 21.7. The molecule has 2 aromatic carbocycles. The zero-order valence-corrected chi connectivity index (χ0v) is 17.5. The minimum atomic E-state index is -0.522. The van der Waals surface area contributed by atoms with E-state index >= 15 is 0 Å². The molecule has 1 heterocycles. The maximum atomic E-state index is 12.3. The van der Waals surface area contributed by atoms with Gasteiger partial charge in [-0.05, 0) is 30.2 Å². The highest BCUT2D eigenvalue weighted by Crippen LogP contribution is 2.29. The van der Waals surface area contributed by atoms with Crippen molar-refractivity contribution >= 4 is 17.3 Å². The molecule has 0 atom stereocenters. The summed E-state index contributed by atoms with van der Waals surface area (Å²) in [5.41, 5.74) is 2.68. The molecule has 1 fully saturated rings. The van der Waals surface area contributed by atoms with Crippen LogP contribution in [0.2, 0.25) is 0 Å². The molecule has 8 heteroatoms. The predicted molar refractivity (Wildman–Crippen MR) is 116 cm³/mol. The number of carbonyl (C=O) groups excluding carboxylic acids is 1. The van der Waals surface area contributed by atoms with Crippen molar-refractivity contribution in [2.75, 3.05) is 45.2 Å². The number of aryl methyl sites for hydroxylation is 1. The highest BCUT2D eigenvalue weighted by molar-refractivity contribution is 5.93. The normalized spacial score (nSPS) is 15.0. The number of nitrogens with one attached hydrogen (secondary N) is 1. The van der Waals surface area contributed by atoms with Crippen LogP contribution in [0.15, 0.2) is 42.5 Å². The molecular formula is C22H28N4O4. The Balaban J connectivity index is 1.45. The minimum Gasteiger partial charge on any atom is -0.496 e. The van der Waals surface area contributed by atoms with E-state index in [9.17, 15) is 14.9 Å². The molecule has 3 rings (SSSR count). The Morgan fingerprint density at radius 2 is 1.83 bits per heavy atom. The van der Waals surface area contributed by atoms with Gasteiger partial charge >= 0.3 is 0 Å². The van der Waals surface area contributed by atoms with Crippen molar-refractivity contribution in [1.82, 2.24) is 9.80 Å². The van der Waals surface area contributed by atoms with Crippen LogP contribution in [0.3, 0.4) is 0 Å². The zero-order chi connectivity index (χ0) is 21.5. The lowest BCUT2D eigenvalue weighted by Crippen LogP contribution is -2.46. The molecule has 30 heavy (non-hydrogen) atoms. The fraction of sp³-hybridized carbons (Fsp3) is 0.409. The smallest absolute Gasteiger partial charge is 0.296 e. The number of rotatable bonds is 8. The van der Waals surface area contributed by atoms with E-state index in [0.717, 1.165) is 32.7 Å². The average molecular weight is 412 g/mol. The molecule has 2 aromatic rings. The first-order valence-corrected chi connectivity index (χ1v) is 10.1. The lowest BCUT2D eigenvalue weighted by Gasteiger charge is -2.34. The summed E-state index contributed by atoms with van der Waals surface area (Å²) in [5, 5.41) is 13.9. The fourth-order valence-electron chi connectivity index (χ4n) is 3.57. The highest BCUT2D eigenvalue weighted by Gasteiger charge is 2.20. The van der Waals surface area contributed by atoms with Crippen molar-refractivity contribution in [2.45, 2.75) is 19.9 Å². The molecule has 1 amide bonds. The van der Waals surface area contributed by atoms with Crippen molar-refractivity contribution in [3.05, 3.63) is 63.7 Å². The Bertz CT molecular complexity index is 894. The van der Waals surface area contributed by atoms with Gasteiger partial charge in [-0.3, -0.25) is 19.8 Å². The topological polar surface area (TPSA) is 88.0 Å². The molecule has 0 aromatic heterocycles. The third kappa shape index (κ3) is 5.77. The third-order valence-corrected chi connectivity index (χ3v) is 5.45. The molecular weight excluding hydrogens is 384 g/mol. The summed E-state index contributed by atoms with van der Waals surface area (Å²) in [6, 6.07) is 12.8. The van der Waals surface area contributed by atoms with Gasteiger partial charge in [-0.2, -0.15) is 0 Å². The number of nitro groups is 1. The number of ether oxygens (including phenoxy) is 1. The first-order valence-electron chi connectivity index (χ1n) is 10.1. The van der Waals surface area contributed by atoms with E-state index in [1.54, 1.807) is 6.07 Å². The number of methoxy groups -OCH3 is 1. The van der Waals surface area contributed by atoms with Crippen LogP contribution >= 0.6 is 0 Å². The number of nitrogens with zero attached hydrogens (tertiary/aromatic N) is 3. The Hall–Kier alpha value is -2.97. The summed E-state index contributed by atoms with van der Waals surface area (Å²) in [6.45, 7) is 7.44. The van der Waals surface area contributed by atoms with Crippen molar-refractivity contribution in [1.29, 1.82) is 0 Å². The first-order chi connectivity index (χ1) is 14.5. The molecule has 1 N–H and O–H groups in total. The number of hydrogen-bond acceptors (Lipinski definition) is 6. The van der Waals surface area contributed by atoms with Crippen LogP contribution in [-0.4, -0.2) is 60.5 Å². The Labute approximate surface area is 176 Å². The van der Waals surface area contributed by atoms with E-state index in [0.29, 0.717) is 18.7 Å². The Morgan fingerprint density at radius 1 is 1.13 bits per heavy atom. The predicted octanol–water partition coefficient (Wildman–Crippen LogP) is 3.06. The quantitative estimate of drug-likeness (QED) is 0.530. The molecule has 0 aliphatic carbocycles. The number of hydrogen-bond donors (Lipinski definition) is 1. The van der Waals surface area contributed by atoms with E-state index in [1.165, 1.54) is 30.4 Å². The van der Waals surface area contributed by atoms with Gasteiger partial charge in [0.1, 0.15) is 11.4 Å². The van der Waals surface area contributed by atoms with Crippen LogP contribution in [0.4, 0.5) is 11.4 Å². The van der Waals surface area contributed by atoms with Gasteiger partial charge in [0.2, 0.25) is 5.91 Å². The van der Waals surface area contributed by atoms with Gasteiger partial charge in [-0.1, -0.05) is 24.3 Å². The number of anilines is 1. The number of nitro benzene ring substituents is 1. The van der Waals surface area contributed by atoms with Crippen LogP contribution in [-0.2, 0) is 11.3 Å². The van der Waals surface area contributed by atoms with E-state index < -0.39 is 4.92 Å². The lowest BCUT2D eigenvalue weighted by atomic mass is 10.1. The van der Waals surface area contributed by atoms with Crippen molar-refractivity contribution in [3.8, 4) is 5.75 Å². The molecule has 0 unspecified atom stereocenters. The standard InChI is InChI=1S/C22H28N4O4/c1-17-5-3-4-6-18(17)16-25-13-11-24(12-14-25)10-9-22(27)23-20-8-7-19(30-2)15-21(20)26(28)29/h3-8,15H,9-14,16H2,1-2H3,(H,23,27). The number of amides is 1. The summed E-state index contributed by atoms with van der Waals surface area (Å²) in [5.74, 6) is 0.147. The van der Waals surface area contributed by atoms with Crippen LogP contribution < -0.4 is 10.1 Å². The molecule has 1 aliphatic heterocycles. The molecule has 0 radical (unpaired) electrons. The summed E-state index contributed by atoms with van der Waals surface area (Å²) in [4.78, 5) is 27.7. The molecule has 1 aliphatic rings. The van der Waals surface area contributed by atoms with Gasteiger partial charge in [0.05, 0.1) is 18.1 Å². The molecule has 8 nitrogen and oxygen atoms in total. The Kier molecular flexibility index (Phi) is 7.37. The average Bonchev–Trinajstić information content (AvgIpc) is 2.75. The second kappa shape index (κ2) is 10.2. The van der Waals surface area contributed by atoms with Crippen molar-refractivity contribution in [2.24, 2.45) is 0 Å². The summed E-state index contributed by atoms with van der Waals surface area (Å²) >= 11 is 0. The van der Waals surface area contributed by atoms with E-state index in [4.69, 9.17) is 4.74 Å². The van der Waals surface area contributed by atoms with Crippen molar-refractivity contribution in [3.63, 3.8) is 0 Å². The molecule has 0 spiro atoms. The van der Waals surface area contributed by atoms with Gasteiger partial charge < -0.3 is 15.0 Å². The molecule has 160 valence electrons. The van der Waals surface area contributed by atoms with Gasteiger partial charge in [0.25, 0.3) is 5.69 Å². The summed E-state index contributed by atoms with van der Waals surface area (Å²) in [6.07, 6.45) is 0.293. The number of piperazine rings is 1. The van der Waals surface area contributed by atoms with E-state index in [-0.39, 0.29) is 17.3 Å². The van der Waals surface area contributed by atoms with Gasteiger partial charge in [-0.25, -0.2) is 0 Å². The summed E-state index contributed by atoms with van der Waals surface area (Å²) < 4.78 is 5.02. The molecule has 0 saturated carbocycles. The third-order valence-electron chi connectivity index (χ3n) is 5.45. The zero-order valence-electron chi connectivity index (χ0n) is 17.5.